The number of benzene rings is 2. The molecule has 0 aliphatic carbocycles. The molecule has 2 aromatic carbocycles. The summed E-state index contributed by atoms with van der Waals surface area (Å²) in [6, 6.07) is 10.8. The van der Waals surface area contributed by atoms with E-state index in [0.29, 0.717) is 32.4 Å². The third kappa shape index (κ3) is 6.49. The number of hydrogen-bond acceptors (Lipinski definition) is 4. The van der Waals surface area contributed by atoms with Crippen LogP contribution in [0.4, 0.5) is 5.69 Å². The van der Waals surface area contributed by atoms with Crippen LogP contribution < -0.4 is 4.31 Å². The van der Waals surface area contributed by atoms with Gasteiger partial charge in [0.2, 0.25) is 0 Å². The molecule has 0 bridgehead atoms. The van der Waals surface area contributed by atoms with E-state index in [9.17, 15) is 8.42 Å². The Bertz CT molecular complexity index is 1000. The molecule has 0 amide bonds. The average Bonchev–Trinajstić information content (AvgIpc) is 2.76. The van der Waals surface area contributed by atoms with Crippen LogP contribution in [0.2, 0.25) is 15.1 Å². The standard InChI is InChI=1S/C23H29Cl3N2O2S2/c1-17(5-3-13-27-14-4-6-20(16-27)31-2)28(23-15-19(25)9-12-22(23)26)32(29,30)21-10-7-18(24)8-11-21/h7-12,15,17,20H,3-6,13-14,16H2,1-2H3/t17?,20-/m1/s1. The van der Waals surface area contributed by atoms with Crippen LogP contribution >= 0.6 is 46.6 Å². The van der Waals surface area contributed by atoms with Crippen molar-refractivity contribution in [2.75, 3.05) is 30.2 Å². The van der Waals surface area contributed by atoms with Gasteiger partial charge in [0.05, 0.1) is 15.6 Å². The molecule has 2 atom stereocenters. The molecule has 9 heteroatoms. The van der Waals surface area contributed by atoms with Crippen LogP contribution in [0.1, 0.15) is 32.6 Å². The summed E-state index contributed by atoms with van der Waals surface area (Å²) in [5.41, 5.74) is 0.391. The fraction of sp³-hybridized carbons (Fsp3) is 0.478. The minimum atomic E-state index is -3.86. The summed E-state index contributed by atoms with van der Waals surface area (Å²) < 4.78 is 28.7. The molecule has 4 nitrogen and oxygen atoms in total. The molecule has 1 aliphatic heterocycles. The average molecular weight is 536 g/mol. The molecule has 1 aliphatic rings. The fourth-order valence-electron chi connectivity index (χ4n) is 4.11. The van der Waals surface area contributed by atoms with Crippen molar-refractivity contribution in [1.29, 1.82) is 0 Å². The number of piperidine rings is 1. The topological polar surface area (TPSA) is 40.6 Å². The molecular formula is C23H29Cl3N2O2S2. The Morgan fingerprint density at radius 2 is 1.81 bits per heavy atom. The van der Waals surface area contributed by atoms with Gasteiger partial charge < -0.3 is 4.90 Å². The molecule has 2 aromatic rings. The Morgan fingerprint density at radius 3 is 2.50 bits per heavy atom. The van der Waals surface area contributed by atoms with E-state index in [1.54, 1.807) is 30.3 Å². The highest BCUT2D eigenvalue weighted by atomic mass is 35.5. The van der Waals surface area contributed by atoms with Crippen LogP contribution in [0.15, 0.2) is 47.4 Å². The predicted octanol–water partition coefficient (Wildman–Crippen LogP) is 6.84. The van der Waals surface area contributed by atoms with Gasteiger partial charge in [-0.15, -0.1) is 0 Å². The number of nitrogens with zero attached hydrogens (tertiary/aromatic N) is 2. The first-order valence-electron chi connectivity index (χ1n) is 10.7. The van der Waals surface area contributed by atoms with Crippen molar-refractivity contribution in [1.82, 2.24) is 4.90 Å². The van der Waals surface area contributed by atoms with Crippen LogP contribution in [0.25, 0.3) is 0 Å². The third-order valence-electron chi connectivity index (χ3n) is 5.81. The second kappa shape index (κ2) is 11.7. The van der Waals surface area contributed by atoms with Crippen molar-refractivity contribution in [2.24, 2.45) is 0 Å². The van der Waals surface area contributed by atoms with Gasteiger partial charge in [0.1, 0.15) is 0 Å². The minimum absolute atomic E-state index is 0.170. The third-order valence-corrected chi connectivity index (χ3v) is 9.61. The Balaban J connectivity index is 1.82. The molecule has 0 aromatic heterocycles. The lowest BCUT2D eigenvalue weighted by Gasteiger charge is -2.34. The number of thioether (sulfide) groups is 1. The lowest BCUT2D eigenvalue weighted by molar-refractivity contribution is 0.228. The Hall–Kier alpha value is -0.630. The van der Waals surface area contributed by atoms with Gasteiger partial charge in [-0.05, 0) is 94.4 Å². The summed E-state index contributed by atoms with van der Waals surface area (Å²) in [5, 5.41) is 1.95. The first kappa shape index (κ1) is 26.0. The van der Waals surface area contributed by atoms with Gasteiger partial charge in [0, 0.05) is 27.9 Å². The van der Waals surface area contributed by atoms with Gasteiger partial charge in [-0.1, -0.05) is 34.8 Å². The maximum atomic E-state index is 13.7. The maximum Gasteiger partial charge on any atom is 0.264 e. The quantitative estimate of drug-likeness (QED) is 0.352. The molecule has 0 spiro atoms. The molecule has 1 unspecified atom stereocenters. The van der Waals surface area contributed by atoms with Gasteiger partial charge in [-0.3, -0.25) is 4.31 Å². The summed E-state index contributed by atoms with van der Waals surface area (Å²) >= 11 is 20.6. The van der Waals surface area contributed by atoms with Gasteiger partial charge in [0.25, 0.3) is 10.0 Å². The van der Waals surface area contributed by atoms with E-state index in [0.717, 1.165) is 26.1 Å². The molecule has 1 fully saturated rings. The van der Waals surface area contributed by atoms with Crippen LogP contribution in [-0.4, -0.2) is 50.5 Å². The molecule has 32 heavy (non-hydrogen) atoms. The monoisotopic (exact) mass is 534 g/mol. The van der Waals surface area contributed by atoms with E-state index >= 15 is 0 Å². The highest BCUT2D eigenvalue weighted by Gasteiger charge is 2.31. The highest BCUT2D eigenvalue weighted by Crippen LogP contribution is 2.35. The molecule has 176 valence electrons. The number of halogens is 3. The molecular weight excluding hydrogens is 507 g/mol. The molecule has 0 radical (unpaired) electrons. The van der Waals surface area contributed by atoms with E-state index in [4.69, 9.17) is 34.8 Å². The Labute approximate surface area is 211 Å². The molecule has 1 heterocycles. The van der Waals surface area contributed by atoms with Crippen LogP contribution in [-0.2, 0) is 10.0 Å². The van der Waals surface area contributed by atoms with E-state index in [-0.39, 0.29) is 10.9 Å². The van der Waals surface area contributed by atoms with Crippen molar-refractivity contribution < 1.29 is 8.42 Å². The Kier molecular flexibility index (Phi) is 9.48. The zero-order valence-electron chi connectivity index (χ0n) is 18.3. The Morgan fingerprint density at radius 1 is 1.12 bits per heavy atom. The van der Waals surface area contributed by atoms with E-state index in [1.165, 1.54) is 29.3 Å². The minimum Gasteiger partial charge on any atom is -0.302 e. The number of rotatable bonds is 9. The highest BCUT2D eigenvalue weighted by molar-refractivity contribution is 7.99. The number of anilines is 1. The second-order valence-corrected chi connectivity index (χ2v) is 12.4. The molecule has 0 saturated carbocycles. The molecule has 1 saturated heterocycles. The van der Waals surface area contributed by atoms with Gasteiger partial charge in [-0.2, -0.15) is 11.8 Å². The van der Waals surface area contributed by atoms with Crippen molar-refractivity contribution in [3.05, 3.63) is 57.5 Å². The zero-order valence-corrected chi connectivity index (χ0v) is 22.2. The molecule has 3 rings (SSSR count). The van der Waals surface area contributed by atoms with Gasteiger partial charge in [-0.25, -0.2) is 8.42 Å². The number of hydrogen-bond donors (Lipinski definition) is 0. The van der Waals surface area contributed by atoms with Crippen molar-refractivity contribution >= 4 is 62.3 Å². The SMILES string of the molecule is CS[C@@H]1CCCN(CCCC(C)N(c2cc(Cl)ccc2Cl)S(=O)(=O)c2ccc(Cl)cc2)C1. The van der Waals surface area contributed by atoms with Crippen LogP contribution in [0.5, 0.6) is 0 Å². The lowest BCUT2D eigenvalue weighted by atomic mass is 10.1. The van der Waals surface area contributed by atoms with Crippen molar-refractivity contribution in [2.45, 2.75) is 48.8 Å². The number of likely N-dealkylation sites (tertiary alicyclic amines) is 1. The first-order chi connectivity index (χ1) is 15.2. The lowest BCUT2D eigenvalue weighted by Crippen LogP contribution is -2.40. The summed E-state index contributed by atoms with van der Waals surface area (Å²) in [7, 11) is -3.86. The summed E-state index contributed by atoms with van der Waals surface area (Å²) in [6.07, 6.45) is 6.26. The predicted molar refractivity (Wildman–Crippen MR) is 139 cm³/mol. The summed E-state index contributed by atoms with van der Waals surface area (Å²) in [5.74, 6) is 0. The van der Waals surface area contributed by atoms with Crippen LogP contribution in [0.3, 0.4) is 0 Å². The fourth-order valence-corrected chi connectivity index (χ4v) is 7.12. The van der Waals surface area contributed by atoms with E-state index in [2.05, 4.69) is 11.2 Å². The van der Waals surface area contributed by atoms with Crippen LogP contribution in [0, 0.1) is 0 Å². The summed E-state index contributed by atoms with van der Waals surface area (Å²) in [6.45, 7) is 5.09. The van der Waals surface area contributed by atoms with Gasteiger partial charge in [0.15, 0.2) is 0 Å². The zero-order chi connectivity index (χ0) is 23.3. The van der Waals surface area contributed by atoms with Gasteiger partial charge >= 0.3 is 0 Å². The van der Waals surface area contributed by atoms with Crippen molar-refractivity contribution in [3.63, 3.8) is 0 Å². The largest absolute Gasteiger partial charge is 0.302 e. The first-order valence-corrected chi connectivity index (χ1v) is 14.6. The summed E-state index contributed by atoms with van der Waals surface area (Å²) in [4.78, 5) is 2.66. The maximum absolute atomic E-state index is 13.7. The second-order valence-electron chi connectivity index (χ2n) is 8.14. The van der Waals surface area contributed by atoms with Crippen molar-refractivity contribution in [3.8, 4) is 0 Å². The van der Waals surface area contributed by atoms with E-state index in [1.807, 2.05) is 18.7 Å². The smallest absolute Gasteiger partial charge is 0.264 e. The number of sulfonamides is 1. The molecule has 0 N–H and O–H groups in total. The van der Waals surface area contributed by atoms with E-state index < -0.39 is 10.0 Å². The normalized spacial score (nSPS) is 18.5.